The van der Waals surface area contributed by atoms with Gasteiger partial charge in [-0.15, -0.1) is 0 Å². The van der Waals surface area contributed by atoms with Crippen LogP contribution in [0.5, 0.6) is 0 Å². The zero-order chi connectivity index (χ0) is 32.3. The minimum atomic E-state index is -2.78. The van der Waals surface area contributed by atoms with Crippen molar-refractivity contribution in [3.63, 3.8) is 0 Å². The molecule has 0 heterocycles. The molecular weight excluding hydrogens is 561 g/mol. The molecule has 2 aromatic carbocycles. The summed E-state index contributed by atoms with van der Waals surface area (Å²) in [6.07, 6.45) is 8.07. The Labute approximate surface area is 268 Å². The summed E-state index contributed by atoms with van der Waals surface area (Å²) < 4.78 is 13.8. The number of allylic oxidation sites excluding steroid dienone is 2. The van der Waals surface area contributed by atoms with Crippen molar-refractivity contribution in [3.8, 4) is 0 Å². The molecule has 0 saturated heterocycles. The van der Waals surface area contributed by atoms with Gasteiger partial charge in [-0.1, -0.05) is 119 Å². The highest BCUT2D eigenvalue weighted by Gasteiger charge is 2.52. The van der Waals surface area contributed by atoms with Crippen LogP contribution >= 0.6 is 0 Å². The number of esters is 1. The predicted molar refractivity (Wildman–Crippen MR) is 185 cm³/mol. The highest BCUT2D eigenvalue weighted by molar-refractivity contribution is 6.99. The number of aliphatic hydroxyl groups excluding tert-OH is 1. The van der Waals surface area contributed by atoms with Crippen LogP contribution in [0.15, 0.2) is 84.5 Å². The fourth-order valence-electron chi connectivity index (χ4n) is 7.50. The lowest BCUT2D eigenvalue weighted by Gasteiger charge is -2.48. The van der Waals surface area contributed by atoms with Crippen LogP contribution in [-0.4, -0.2) is 37.7 Å². The van der Waals surface area contributed by atoms with Crippen molar-refractivity contribution in [1.29, 1.82) is 0 Å². The van der Waals surface area contributed by atoms with E-state index in [0.717, 1.165) is 12.8 Å². The molecule has 0 fully saturated rings. The van der Waals surface area contributed by atoms with Gasteiger partial charge in [0, 0.05) is 6.10 Å². The fraction of sp³-hybridized carbons (Fsp3) is 0.564. The van der Waals surface area contributed by atoms with Crippen molar-refractivity contribution < 1.29 is 19.1 Å². The summed E-state index contributed by atoms with van der Waals surface area (Å²) in [5, 5.41) is 13.9. The van der Waals surface area contributed by atoms with E-state index in [4.69, 9.17) is 9.16 Å². The van der Waals surface area contributed by atoms with E-state index in [9.17, 15) is 9.90 Å². The molecule has 0 amide bonds. The zero-order valence-corrected chi connectivity index (χ0v) is 29.5. The third-order valence-corrected chi connectivity index (χ3v) is 15.1. The van der Waals surface area contributed by atoms with E-state index in [2.05, 4.69) is 114 Å². The molecule has 2 aliphatic rings. The van der Waals surface area contributed by atoms with E-state index < -0.39 is 25.9 Å². The normalized spacial score (nSPS) is 27.7. The van der Waals surface area contributed by atoms with Gasteiger partial charge in [0.2, 0.25) is 0 Å². The molecule has 0 spiro atoms. The molecule has 0 aliphatic heterocycles. The number of rotatable bonds is 6. The molecule has 5 heteroatoms. The molecule has 0 radical (unpaired) electrons. The summed E-state index contributed by atoms with van der Waals surface area (Å²) in [5.74, 6) is 1.25. The molecule has 0 aromatic heterocycles. The molecule has 4 nitrogen and oxygen atoms in total. The van der Waals surface area contributed by atoms with Gasteiger partial charge in [-0.3, -0.25) is 4.79 Å². The predicted octanol–water partition coefficient (Wildman–Crippen LogP) is 7.85. The molecule has 0 saturated carbocycles. The van der Waals surface area contributed by atoms with Crippen LogP contribution in [0.4, 0.5) is 0 Å². The second-order valence-corrected chi connectivity index (χ2v) is 19.8. The lowest BCUT2D eigenvalue weighted by atomic mass is 9.64. The van der Waals surface area contributed by atoms with E-state index in [-0.39, 0.29) is 23.0 Å². The number of carbonyl (C=O) groups is 1. The summed E-state index contributed by atoms with van der Waals surface area (Å²) >= 11 is 0. The first kappa shape index (κ1) is 34.4. The van der Waals surface area contributed by atoms with Gasteiger partial charge in [-0.05, 0) is 92.5 Å². The first-order chi connectivity index (χ1) is 20.6. The Morgan fingerprint density at radius 2 is 1.45 bits per heavy atom. The van der Waals surface area contributed by atoms with E-state index in [1.54, 1.807) is 0 Å². The van der Waals surface area contributed by atoms with Crippen molar-refractivity contribution in [2.45, 2.75) is 111 Å². The van der Waals surface area contributed by atoms with Gasteiger partial charge in [-0.25, -0.2) is 0 Å². The summed E-state index contributed by atoms with van der Waals surface area (Å²) in [6, 6.07) is 21.7. The SMILES string of the molecule is CC1=CC[C@H](C(C)C)[C@H]2C[C@H](O[Si](c3ccccc3)(c3ccccc3)C(C)(C)C)C/C=C\[C@H](O)[C@@H](OC(=O)C(C)(C)C)C[C@@H]12. The van der Waals surface area contributed by atoms with E-state index in [0.29, 0.717) is 30.6 Å². The Morgan fingerprint density at radius 3 is 1.95 bits per heavy atom. The number of hydrogen-bond acceptors (Lipinski definition) is 4. The standard InChI is InChI=1S/C39H56O4Si/c1-27(2)32-24-23-28(3)33-26-36(42-37(41)38(4,5)6)35(40)22-16-17-29(25-34(32)33)43-44(39(7,8)9,30-18-12-10-13-19-30)31-20-14-11-15-21-31/h10-16,18-23,27,29,32-36,40H,17,24-26H2,1-9H3/b22-16-/t29-,32-,33+,34-,35+,36+/m1/s1. The van der Waals surface area contributed by atoms with Gasteiger partial charge in [0.05, 0.1) is 5.41 Å². The largest absolute Gasteiger partial charge is 0.459 e. The first-order valence-electron chi connectivity index (χ1n) is 16.7. The summed E-state index contributed by atoms with van der Waals surface area (Å²) in [4.78, 5) is 13.0. The maximum Gasteiger partial charge on any atom is 0.311 e. The number of fused-ring (bicyclic) bond motifs is 1. The van der Waals surface area contributed by atoms with E-state index >= 15 is 0 Å². The molecule has 240 valence electrons. The van der Waals surface area contributed by atoms with Gasteiger partial charge < -0.3 is 14.3 Å². The Kier molecular flexibility index (Phi) is 10.9. The highest BCUT2D eigenvalue weighted by atomic mass is 28.4. The van der Waals surface area contributed by atoms with Crippen molar-refractivity contribution in [1.82, 2.24) is 0 Å². The molecular formula is C39H56O4Si. The highest BCUT2D eigenvalue weighted by Crippen LogP contribution is 2.46. The van der Waals surface area contributed by atoms with Crippen molar-refractivity contribution in [3.05, 3.63) is 84.5 Å². The lowest BCUT2D eigenvalue weighted by molar-refractivity contribution is -0.164. The van der Waals surface area contributed by atoms with Gasteiger partial charge >= 0.3 is 5.97 Å². The van der Waals surface area contributed by atoms with Crippen molar-refractivity contribution in [2.24, 2.45) is 29.1 Å². The van der Waals surface area contributed by atoms with Gasteiger partial charge in [0.15, 0.2) is 0 Å². The zero-order valence-electron chi connectivity index (χ0n) is 28.5. The summed E-state index contributed by atoms with van der Waals surface area (Å²) in [5.41, 5.74) is 0.704. The van der Waals surface area contributed by atoms with Crippen LogP contribution in [0.1, 0.15) is 88.0 Å². The second-order valence-electron chi connectivity index (χ2n) is 15.6. The average Bonchev–Trinajstić information content (AvgIpc) is 2.96. The molecule has 0 unspecified atom stereocenters. The second kappa shape index (κ2) is 13.9. The van der Waals surface area contributed by atoms with E-state index in [1.165, 1.54) is 15.9 Å². The minimum absolute atomic E-state index is 0.0296. The molecule has 6 atom stereocenters. The Balaban J connectivity index is 1.82. The topological polar surface area (TPSA) is 55.8 Å². The number of ether oxygens (including phenoxy) is 1. The van der Waals surface area contributed by atoms with Gasteiger partial charge in [0.25, 0.3) is 8.32 Å². The van der Waals surface area contributed by atoms with Crippen LogP contribution in [0.25, 0.3) is 0 Å². The molecule has 2 aliphatic carbocycles. The summed E-state index contributed by atoms with van der Waals surface area (Å²) in [6.45, 7) is 19.5. The van der Waals surface area contributed by atoms with Crippen LogP contribution < -0.4 is 10.4 Å². The quantitative estimate of drug-likeness (QED) is 0.204. The van der Waals surface area contributed by atoms with Crippen LogP contribution in [0.3, 0.4) is 0 Å². The van der Waals surface area contributed by atoms with Gasteiger partial charge in [-0.2, -0.15) is 0 Å². The van der Waals surface area contributed by atoms with Crippen molar-refractivity contribution >= 4 is 24.7 Å². The molecule has 1 N–H and O–H groups in total. The monoisotopic (exact) mass is 616 g/mol. The average molecular weight is 617 g/mol. The first-order valence-corrected chi connectivity index (χ1v) is 18.6. The third-order valence-electron chi connectivity index (χ3n) is 9.99. The molecule has 44 heavy (non-hydrogen) atoms. The molecule has 4 rings (SSSR count). The number of aliphatic hydroxyl groups is 1. The van der Waals surface area contributed by atoms with E-state index in [1.807, 2.05) is 26.8 Å². The Morgan fingerprint density at radius 1 is 0.886 bits per heavy atom. The number of carbonyl (C=O) groups excluding carboxylic acids is 1. The smallest absolute Gasteiger partial charge is 0.311 e. The maximum absolute atomic E-state index is 13.0. The Hall–Kier alpha value is -2.47. The van der Waals surface area contributed by atoms with Crippen LogP contribution in [0.2, 0.25) is 5.04 Å². The lowest BCUT2D eigenvalue weighted by Crippen LogP contribution is -2.67. The van der Waals surface area contributed by atoms with Crippen molar-refractivity contribution in [2.75, 3.05) is 0 Å². The molecule has 2 aromatic rings. The Bertz CT molecular complexity index is 1250. The number of benzene rings is 2. The number of hydrogen-bond donors (Lipinski definition) is 1. The summed E-state index contributed by atoms with van der Waals surface area (Å²) in [7, 11) is -2.78. The molecule has 0 bridgehead atoms. The maximum atomic E-state index is 13.0. The fourth-order valence-corrected chi connectivity index (χ4v) is 12.2. The third kappa shape index (κ3) is 7.49. The van der Waals surface area contributed by atoms with Crippen LogP contribution in [0, 0.1) is 29.1 Å². The van der Waals surface area contributed by atoms with Crippen LogP contribution in [-0.2, 0) is 14.0 Å². The van der Waals surface area contributed by atoms with Gasteiger partial charge in [0.1, 0.15) is 12.2 Å². The minimum Gasteiger partial charge on any atom is -0.459 e.